The van der Waals surface area contributed by atoms with E-state index in [1.54, 1.807) is 0 Å². The van der Waals surface area contributed by atoms with Gasteiger partial charge in [0.05, 0.1) is 6.54 Å². The van der Waals surface area contributed by atoms with Crippen LogP contribution in [0.15, 0.2) is 55.1 Å². The molecular formula is C25H18F4N6O. The number of nitrogens with one attached hydrogen (secondary N) is 1. The highest BCUT2D eigenvalue weighted by atomic mass is 19.3. The van der Waals surface area contributed by atoms with Crippen LogP contribution in [0.4, 0.5) is 17.6 Å². The van der Waals surface area contributed by atoms with Gasteiger partial charge in [0, 0.05) is 40.9 Å². The first kappa shape index (κ1) is 23.4. The maximum atomic E-state index is 15.8. The van der Waals surface area contributed by atoms with Crippen molar-refractivity contribution in [3.8, 4) is 11.8 Å². The number of pyridine rings is 1. The Bertz CT molecular complexity index is 1570. The van der Waals surface area contributed by atoms with Crippen LogP contribution in [0.2, 0.25) is 0 Å². The van der Waals surface area contributed by atoms with Gasteiger partial charge in [0.2, 0.25) is 0 Å². The SMILES string of the molecule is OC(Cn1cnnn1)(c1ccc(F)cc1F)C(F)(F)c1ccc(C#CC2C=c3cc[nH]c3=CC2)cn1. The van der Waals surface area contributed by atoms with Crippen molar-refractivity contribution in [2.75, 3.05) is 0 Å². The van der Waals surface area contributed by atoms with E-state index in [2.05, 4.69) is 37.3 Å². The number of rotatable bonds is 5. The Morgan fingerprint density at radius 1 is 1.17 bits per heavy atom. The number of aromatic nitrogens is 6. The number of H-pyrrole nitrogens is 1. The van der Waals surface area contributed by atoms with E-state index >= 15 is 8.78 Å². The van der Waals surface area contributed by atoms with Crippen LogP contribution in [0.1, 0.15) is 23.2 Å². The molecule has 0 saturated heterocycles. The highest BCUT2D eigenvalue weighted by molar-refractivity contribution is 5.46. The zero-order chi connectivity index (χ0) is 25.3. The van der Waals surface area contributed by atoms with Gasteiger partial charge in [-0.1, -0.05) is 24.0 Å². The molecule has 182 valence electrons. The third-order valence-electron chi connectivity index (χ3n) is 5.93. The lowest BCUT2D eigenvalue weighted by atomic mass is 9.84. The largest absolute Gasteiger partial charge is 0.377 e. The molecule has 4 aromatic rings. The van der Waals surface area contributed by atoms with Crippen LogP contribution in [0.5, 0.6) is 0 Å². The van der Waals surface area contributed by atoms with Crippen LogP contribution >= 0.6 is 0 Å². The lowest BCUT2D eigenvalue weighted by Crippen LogP contribution is -2.48. The van der Waals surface area contributed by atoms with E-state index in [1.807, 2.05) is 24.4 Å². The summed E-state index contributed by atoms with van der Waals surface area (Å²) >= 11 is 0. The Labute approximate surface area is 201 Å². The minimum Gasteiger partial charge on any atom is -0.377 e. The first-order chi connectivity index (χ1) is 17.3. The van der Waals surface area contributed by atoms with E-state index in [9.17, 15) is 13.9 Å². The quantitative estimate of drug-likeness (QED) is 0.327. The lowest BCUT2D eigenvalue weighted by molar-refractivity contribution is -0.207. The standard InChI is InChI=1S/C25H18F4N6O/c26-19-5-6-20(21(27)12-19)24(36,14-35-15-32-33-34-35)25(28,29)23-8-4-17(13-31-23)2-1-16-3-7-22-18(11-16)9-10-30-22/h4-13,15-16,30,36H,3,14H2. The van der Waals surface area contributed by atoms with Gasteiger partial charge in [-0.3, -0.25) is 4.98 Å². The van der Waals surface area contributed by atoms with Gasteiger partial charge in [-0.25, -0.2) is 13.5 Å². The fraction of sp³-hybridized carbons (Fsp3) is 0.200. The summed E-state index contributed by atoms with van der Waals surface area (Å²) in [5.74, 6) is -0.486. The van der Waals surface area contributed by atoms with E-state index in [4.69, 9.17) is 0 Å². The second-order valence-corrected chi connectivity index (χ2v) is 8.33. The molecule has 0 bridgehead atoms. The third kappa shape index (κ3) is 4.27. The predicted octanol–water partition coefficient (Wildman–Crippen LogP) is 1.99. The first-order valence-electron chi connectivity index (χ1n) is 10.9. The summed E-state index contributed by atoms with van der Waals surface area (Å²) < 4.78 is 60.4. The van der Waals surface area contributed by atoms with Crippen molar-refractivity contribution in [2.45, 2.75) is 24.5 Å². The minimum absolute atomic E-state index is 0.0442. The summed E-state index contributed by atoms with van der Waals surface area (Å²) in [7, 11) is 0. The molecule has 0 spiro atoms. The summed E-state index contributed by atoms with van der Waals surface area (Å²) in [5, 5.41) is 23.5. The summed E-state index contributed by atoms with van der Waals surface area (Å²) in [6.45, 7) is -0.923. The fourth-order valence-corrected chi connectivity index (χ4v) is 4.05. The Hall–Kier alpha value is -4.30. The van der Waals surface area contributed by atoms with Crippen LogP contribution < -0.4 is 10.6 Å². The smallest absolute Gasteiger partial charge is 0.323 e. The number of tetrazole rings is 1. The molecule has 0 radical (unpaired) electrons. The van der Waals surface area contributed by atoms with Gasteiger partial charge in [0.25, 0.3) is 0 Å². The molecule has 3 heterocycles. The molecular weight excluding hydrogens is 476 g/mol. The summed E-state index contributed by atoms with van der Waals surface area (Å²) in [6.07, 6.45) is 8.75. The highest BCUT2D eigenvalue weighted by Gasteiger charge is 2.57. The number of benzene rings is 1. The van der Waals surface area contributed by atoms with Gasteiger partial charge in [-0.15, -0.1) is 5.10 Å². The van der Waals surface area contributed by atoms with Gasteiger partial charge >= 0.3 is 5.92 Å². The van der Waals surface area contributed by atoms with Crippen LogP contribution in [-0.4, -0.2) is 35.3 Å². The number of halogens is 4. The molecule has 7 nitrogen and oxygen atoms in total. The molecule has 3 aromatic heterocycles. The molecule has 2 atom stereocenters. The van der Waals surface area contributed by atoms with Gasteiger partial charge in [-0.2, -0.15) is 8.78 Å². The van der Waals surface area contributed by atoms with Gasteiger partial charge < -0.3 is 10.1 Å². The van der Waals surface area contributed by atoms with Gasteiger partial charge in [0.1, 0.15) is 23.7 Å². The average molecular weight is 494 g/mol. The van der Waals surface area contributed by atoms with Crippen molar-refractivity contribution < 1.29 is 22.7 Å². The average Bonchev–Trinajstić information content (AvgIpc) is 3.54. The maximum Gasteiger partial charge on any atom is 0.323 e. The Morgan fingerprint density at radius 2 is 2.03 bits per heavy atom. The number of aromatic amines is 1. The van der Waals surface area contributed by atoms with Crippen molar-refractivity contribution in [1.82, 2.24) is 30.2 Å². The highest BCUT2D eigenvalue weighted by Crippen LogP contribution is 2.46. The topological polar surface area (TPSA) is 92.5 Å². The van der Waals surface area contributed by atoms with Crippen LogP contribution in [0.25, 0.3) is 12.2 Å². The molecule has 2 unspecified atom stereocenters. The summed E-state index contributed by atoms with van der Waals surface area (Å²) in [6, 6.07) is 6.25. The lowest BCUT2D eigenvalue weighted by Gasteiger charge is -2.35. The monoisotopic (exact) mass is 494 g/mol. The van der Waals surface area contributed by atoms with Crippen LogP contribution in [0.3, 0.4) is 0 Å². The third-order valence-corrected chi connectivity index (χ3v) is 5.93. The van der Waals surface area contributed by atoms with E-state index in [0.717, 1.165) is 46.0 Å². The Kier molecular flexibility index (Phi) is 5.89. The molecule has 1 aromatic carbocycles. The molecule has 5 rings (SSSR count). The van der Waals surface area contributed by atoms with E-state index in [1.165, 1.54) is 6.07 Å². The molecule has 0 fully saturated rings. The molecule has 11 heteroatoms. The predicted molar refractivity (Wildman–Crippen MR) is 120 cm³/mol. The maximum absolute atomic E-state index is 15.8. The zero-order valence-corrected chi connectivity index (χ0v) is 18.5. The molecule has 0 saturated carbocycles. The number of hydrogen-bond donors (Lipinski definition) is 2. The van der Waals surface area contributed by atoms with E-state index < -0.39 is 41.0 Å². The Morgan fingerprint density at radius 3 is 2.75 bits per heavy atom. The summed E-state index contributed by atoms with van der Waals surface area (Å²) in [4.78, 5) is 6.94. The zero-order valence-electron chi connectivity index (χ0n) is 18.5. The second-order valence-electron chi connectivity index (χ2n) is 8.33. The molecule has 1 aliphatic rings. The molecule has 0 amide bonds. The van der Waals surface area contributed by atoms with Crippen LogP contribution in [0, 0.1) is 29.4 Å². The number of alkyl halides is 2. The second kappa shape index (κ2) is 9.05. The normalized spacial score (nSPS) is 16.6. The first-order valence-corrected chi connectivity index (χ1v) is 10.9. The van der Waals surface area contributed by atoms with Crippen molar-refractivity contribution in [3.05, 3.63) is 94.1 Å². The number of nitrogens with zero attached hydrogens (tertiary/aromatic N) is 5. The van der Waals surface area contributed by atoms with Crippen molar-refractivity contribution in [2.24, 2.45) is 5.92 Å². The fourth-order valence-electron chi connectivity index (χ4n) is 4.05. The molecule has 1 aliphatic carbocycles. The van der Waals surface area contributed by atoms with Crippen molar-refractivity contribution in [3.63, 3.8) is 0 Å². The molecule has 36 heavy (non-hydrogen) atoms. The minimum atomic E-state index is -4.12. The Balaban J connectivity index is 1.46. The molecule has 0 aliphatic heterocycles. The number of aliphatic hydroxyl groups is 1. The van der Waals surface area contributed by atoms with Crippen LogP contribution in [-0.2, 0) is 18.1 Å². The number of fused-ring (bicyclic) bond motifs is 1. The van der Waals surface area contributed by atoms with Gasteiger partial charge in [-0.05, 0) is 52.4 Å². The van der Waals surface area contributed by atoms with E-state index in [0.29, 0.717) is 18.1 Å². The number of hydrogen-bond acceptors (Lipinski definition) is 5. The molecule has 2 N–H and O–H groups in total. The van der Waals surface area contributed by atoms with Gasteiger partial charge in [0.15, 0.2) is 5.60 Å². The van der Waals surface area contributed by atoms with Crippen molar-refractivity contribution >= 4 is 12.2 Å². The van der Waals surface area contributed by atoms with Crippen molar-refractivity contribution in [1.29, 1.82) is 0 Å². The van der Waals surface area contributed by atoms with E-state index in [-0.39, 0.29) is 5.92 Å². The summed E-state index contributed by atoms with van der Waals surface area (Å²) in [5.41, 5.74) is -4.47.